The molecule has 1 amide bonds. The summed E-state index contributed by atoms with van der Waals surface area (Å²) in [6, 6.07) is 12.2. The highest BCUT2D eigenvalue weighted by atomic mass is 32.1. The molecule has 4 rings (SSSR count). The number of nitrogens with zero attached hydrogens (tertiary/aromatic N) is 1. The summed E-state index contributed by atoms with van der Waals surface area (Å²) in [6.07, 6.45) is 0. The van der Waals surface area contributed by atoms with Gasteiger partial charge in [0.2, 0.25) is 0 Å². The van der Waals surface area contributed by atoms with Gasteiger partial charge in [-0.25, -0.2) is 4.39 Å². The largest absolute Gasteiger partial charge is 0.507 e. The highest BCUT2D eigenvalue weighted by Crippen LogP contribution is 2.42. The molecule has 0 radical (unpaired) electrons. The number of hydrogen-bond acceptors (Lipinski definition) is 6. The lowest BCUT2D eigenvalue weighted by Gasteiger charge is -2.24. The van der Waals surface area contributed by atoms with Gasteiger partial charge in [-0.3, -0.25) is 9.59 Å². The molecule has 33 heavy (non-hydrogen) atoms. The zero-order valence-corrected chi connectivity index (χ0v) is 19.1. The molecule has 170 valence electrons. The van der Waals surface area contributed by atoms with Crippen molar-refractivity contribution in [2.75, 3.05) is 14.2 Å². The third-order valence-corrected chi connectivity index (χ3v) is 6.51. The minimum absolute atomic E-state index is 0.0195. The van der Waals surface area contributed by atoms with Gasteiger partial charge in [-0.15, -0.1) is 11.3 Å². The third-order valence-electron chi connectivity index (χ3n) is 5.58. The van der Waals surface area contributed by atoms with Gasteiger partial charge in [0.1, 0.15) is 11.6 Å². The van der Waals surface area contributed by atoms with E-state index in [-0.39, 0.29) is 23.4 Å². The Labute approximate surface area is 194 Å². The first-order valence-corrected chi connectivity index (χ1v) is 11.0. The van der Waals surface area contributed by atoms with E-state index in [4.69, 9.17) is 9.47 Å². The summed E-state index contributed by atoms with van der Waals surface area (Å²) in [5, 5.41) is 12.9. The van der Waals surface area contributed by atoms with E-state index in [9.17, 15) is 19.1 Å². The van der Waals surface area contributed by atoms with Crippen LogP contribution in [0.1, 0.15) is 27.6 Å². The number of hydrogen-bond donors (Lipinski definition) is 1. The number of aliphatic hydroxyl groups excluding tert-OH is 1. The summed E-state index contributed by atoms with van der Waals surface area (Å²) in [4.78, 5) is 28.3. The molecule has 1 unspecified atom stereocenters. The number of likely N-dealkylation sites (tertiary alicyclic amines) is 1. The fourth-order valence-corrected chi connectivity index (χ4v) is 4.75. The molecule has 1 aliphatic rings. The van der Waals surface area contributed by atoms with E-state index in [1.807, 2.05) is 17.5 Å². The van der Waals surface area contributed by atoms with Gasteiger partial charge in [0.15, 0.2) is 11.5 Å². The Morgan fingerprint density at radius 3 is 2.48 bits per heavy atom. The van der Waals surface area contributed by atoms with Crippen LogP contribution >= 0.6 is 11.3 Å². The molecule has 0 bridgehead atoms. The monoisotopic (exact) mass is 467 g/mol. The molecule has 1 saturated heterocycles. The van der Waals surface area contributed by atoms with Gasteiger partial charge in [0, 0.05) is 17.0 Å². The molecule has 3 aromatic rings. The number of aliphatic hydroxyl groups is 1. The van der Waals surface area contributed by atoms with Crippen molar-refractivity contribution in [3.63, 3.8) is 0 Å². The highest BCUT2D eigenvalue weighted by Gasteiger charge is 2.46. The predicted octanol–water partition coefficient (Wildman–Crippen LogP) is 4.83. The Hall–Kier alpha value is -3.65. The van der Waals surface area contributed by atoms with Crippen molar-refractivity contribution in [2.45, 2.75) is 19.5 Å². The fourth-order valence-electron chi connectivity index (χ4n) is 3.91. The van der Waals surface area contributed by atoms with Gasteiger partial charge in [-0.05, 0) is 59.8 Å². The molecule has 0 saturated carbocycles. The Balaban J connectivity index is 1.81. The van der Waals surface area contributed by atoms with Crippen LogP contribution in [0.3, 0.4) is 0 Å². The molecular weight excluding hydrogens is 445 g/mol. The lowest BCUT2D eigenvalue weighted by Crippen LogP contribution is -2.28. The highest BCUT2D eigenvalue weighted by molar-refractivity contribution is 7.10. The molecule has 0 aliphatic carbocycles. The second kappa shape index (κ2) is 9.07. The van der Waals surface area contributed by atoms with E-state index in [2.05, 4.69) is 0 Å². The Bertz CT molecular complexity index is 1250. The van der Waals surface area contributed by atoms with Crippen molar-refractivity contribution in [3.05, 3.63) is 86.9 Å². The summed E-state index contributed by atoms with van der Waals surface area (Å²) < 4.78 is 24.4. The number of aryl methyl sites for hydroxylation is 1. The topological polar surface area (TPSA) is 76.1 Å². The number of benzene rings is 2. The van der Waals surface area contributed by atoms with Crippen molar-refractivity contribution < 1.29 is 28.6 Å². The maximum absolute atomic E-state index is 13.8. The molecular formula is C25H22FNO5S. The molecule has 1 atom stereocenters. The summed E-state index contributed by atoms with van der Waals surface area (Å²) in [6.45, 7) is 1.69. The van der Waals surface area contributed by atoms with E-state index in [1.165, 1.54) is 48.7 Å². The Morgan fingerprint density at radius 1 is 1.09 bits per heavy atom. The number of halogens is 1. The number of Topliss-reactive ketones (excluding diaryl/α,β-unsaturated/α-hetero) is 1. The van der Waals surface area contributed by atoms with E-state index >= 15 is 0 Å². The smallest absolute Gasteiger partial charge is 0.295 e. The molecule has 1 fully saturated rings. The fraction of sp³-hybridized carbons (Fsp3) is 0.200. The summed E-state index contributed by atoms with van der Waals surface area (Å²) in [7, 11) is 3.05. The molecule has 1 aliphatic heterocycles. The van der Waals surface area contributed by atoms with Crippen LogP contribution in [0, 0.1) is 12.7 Å². The van der Waals surface area contributed by atoms with Crippen LogP contribution < -0.4 is 9.47 Å². The standard InChI is InChI=1S/C25H22FNO5S/c1-14-11-16(7-8-17(14)26)23(28)21-22(20-5-4-10-33-20)27(25(30)24(21)29)13-15-6-9-18(31-2)19(12-15)32-3/h4-12,22,28H,13H2,1-3H3/b23-21-. The number of carbonyl (C=O) groups is 2. The summed E-state index contributed by atoms with van der Waals surface area (Å²) >= 11 is 1.38. The predicted molar refractivity (Wildman–Crippen MR) is 123 cm³/mol. The number of thiophene rings is 1. The zero-order valence-electron chi connectivity index (χ0n) is 18.3. The van der Waals surface area contributed by atoms with E-state index in [0.717, 1.165) is 10.4 Å². The number of rotatable bonds is 6. The maximum atomic E-state index is 13.8. The molecule has 1 aromatic heterocycles. The third kappa shape index (κ3) is 4.09. The van der Waals surface area contributed by atoms with Crippen molar-refractivity contribution >= 4 is 28.8 Å². The van der Waals surface area contributed by atoms with Crippen LogP contribution in [-0.4, -0.2) is 35.9 Å². The molecule has 0 spiro atoms. The van der Waals surface area contributed by atoms with E-state index in [1.54, 1.807) is 25.1 Å². The van der Waals surface area contributed by atoms with Crippen LogP contribution in [0.5, 0.6) is 11.5 Å². The van der Waals surface area contributed by atoms with Crippen LogP contribution in [0.25, 0.3) is 5.76 Å². The molecule has 2 aromatic carbocycles. The molecule has 2 heterocycles. The lowest BCUT2D eigenvalue weighted by atomic mass is 9.98. The van der Waals surface area contributed by atoms with Gasteiger partial charge < -0.3 is 19.5 Å². The zero-order chi connectivity index (χ0) is 23.7. The quantitative estimate of drug-likeness (QED) is 0.319. The van der Waals surface area contributed by atoms with Gasteiger partial charge in [0.05, 0.1) is 25.8 Å². The van der Waals surface area contributed by atoms with Gasteiger partial charge >= 0.3 is 0 Å². The average Bonchev–Trinajstić information content (AvgIpc) is 3.43. The number of ether oxygens (including phenoxy) is 2. The van der Waals surface area contributed by atoms with Crippen LogP contribution in [0.15, 0.2) is 59.5 Å². The first kappa shape index (κ1) is 22.5. The maximum Gasteiger partial charge on any atom is 0.295 e. The first-order valence-electron chi connectivity index (χ1n) is 10.1. The lowest BCUT2D eigenvalue weighted by molar-refractivity contribution is -0.140. The molecule has 1 N–H and O–H groups in total. The Kier molecular flexibility index (Phi) is 6.20. The van der Waals surface area contributed by atoms with Gasteiger partial charge in [0.25, 0.3) is 11.7 Å². The van der Waals surface area contributed by atoms with Gasteiger partial charge in [-0.1, -0.05) is 12.1 Å². The molecule has 8 heteroatoms. The minimum Gasteiger partial charge on any atom is -0.507 e. The van der Waals surface area contributed by atoms with Crippen molar-refractivity contribution in [1.82, 2.24) is 4.90 Å². The SMILES string of the molecule is COc1ccc(CN2C(=O)C(=O)/C(=C(\O)c3ccc(F)c(C)c3)C2c2cccs2)cc1OC. The Morgan fingerprint density at radius 2 is 1.85 bits per heavy atom. The van der Waals surface area contributed by atoms with Crippen LogP contribution in [0.4, 0.5) is 4.39 Å². The van der Waals surface area contributed by atoms with Crippen LogP contribution in [0.2, 0.25) is 0 Å². The van der Waals surface area contributed by atoms with Crippen LogP contribution in [-0.2, 0) is 16.1 Å². The second-order valence-corrected chi connectivity index (χ2v) is 8.57. The average molecular weight is 468 g/mol. The number of amides is 1. The van der Waals surface area contributed by atoms with Crippen molar-refractivity contribution in [3.8, 4) is 11.5 Å². The number of ketones is 1. The van der Waals surface area contributed by atoms with Gasteiger partial charge in [-0.2, -0.15) is 0 Å². The van der Waals surface area contributed by atoms with E-state index < -0.39 is 23.5 Å². The van der Waals surface area contributed by atoms with Crippen molar-refractivity contribution in [2.24, 2.45) is 0 Å². The number of methoxy groups -OCH3 is 2. The second-order valence-electron chi connectivity index (χ2n) is 7.60. The van der Waals surface area contributed by atoms with Crippen molar-refractivity contribution in [1.29, 1.82) is 0 Å². The minimum atomic E-state index is -0.784. The summed E-state index contributed by atoms with van der Waals surface area (Å²) in [5.41, 5.74) is 1.31. The first-order chi connectivity index (χ1) is 15.8. The summed E-state index contributed by atoms with van der Waals surface area (Å²) in [5.74, 6) is -1.21. The normalized spacial score (nSPS) is 17.5. The number of carbonyl (C=O) groups excluding carboxylic acids is 2. The van der Waals surface area contributed by atoms with E-state index in [0.29, 0.717) is 17.1 Å². The molecule has 6 nitrogen and oxygen atoms in total.